The van der Waals surface area contributed by atoms with Gasteiger partial charge in [0.1, 0.15) is 11.6 Å². The normalized spacial score (nSPS) is 12.2. The van der Waals surface area contributed by atoms with Crippen LogP contribution in [0.5, 0.6) is 5.75 Å². The van der Waals surface area contributed by atoms with Crippen LogP contribution in [-0.2, 0) is 6.42 Å². The van der Waals surface area contributed by atoms with E-state index in [1.54, 1.807) is 31.4 Å². The number of benzene rings is 2. The van der Waals surface area contributed by atoms with Gasteiger partial charge >= 0.3 is 0 Å². The standard InChI is InChI=1S/C16H16Cl2FNO/c1-21-16-6-5-10(8-14(16)18)11(9-20)7-12-13(17)3-2-4-15(12)19/h2-6,8,11H,7,9,20H2,1H3. The Morgan fingerprint density at radius 2 is 1.95 bits per heavy atom. The van der Waals surface area contributed by atoms with Crippen molar-refractivity contribution >= 4 is 23.2 Å². The van der Waals surface area contributed by atoms with E-state index in [1.807, 2.05) is 6.07 Å². The molecule has 2 aromatic rings. The van der Waals surface area contributed by atoms with Crippen LogP contribution in [0.1, 0.15) is 17.0 Å². The lowest BCUT2D eigenvalue weighted by atomic mass is 9.91. The molecule has 2 rings (SSSR count). The van der Waals surface area contributed by atoms with Crippen LogP contribution in [0.4, 0.5) is 4.39 Å². The molecule has 1 atom stereocenters. The fourth-order valence-corrected chi connectivity index (χ4v) is 2.75. The Morgan fingerprint density at radius 3 is 2.52 bits per heavy atom. The maximum Gasteiger partial charge on any atom is 0.137 e. The molecular weight excluding hydrogens is 312 g/mol. The number of methoxy groups -OCH3 is 1. The van der Waals surface area contributed by atoms with E-state index in [0.29, 0.717) is 34.3 Å². The molecule has 0 heterocycles. The summed E-state index contributed by atoms with van der Waals surface area (Å²) in [6.45, 7) is 0.368. The quantitative estimate of drug-likeness (QED) is 0.881. The van der Waals surface area contributed by atoms with Crippen molar-refractivity contribution < 1.29 is 9.13 Å². The Morgan fingerprint density at radius 1 is 1.19 bits per heavy atom. The van der Waals surface area contributed by atoms with E-state index in [1.165, 1.54) is 6.07 Å². The summed E-state index contributed by atoms with van der Waals surface area (Å²) >= 11 is 12.2. The third-order valence-electron chi connectivity index (χ3n) is 3.44. The molecule has 1 unspecified atom stereocenters. The van der Waals surface area contributed by atoms with Gasteiger partial charge in [-0.1, -0.05) is 35.3 Å². The maximum atomic E-state index is 13.9. The molecule has 2 aromatic carbocycles. The van der Waals surface area contributed by atoms with Gasteiger partial charge in [0.2, 0.25) is 0 Å². The van der Waals surface area contributed by atoms with Crippen molar-refractivity contribution in [3.63, 3.8) is 0 Å². The summed E-state index contributed by atoms with van der Waals surface area (Å²) in [5.74, 6) is 0.212. The predicted molar refractivity (Wildman–Crippen MR) is 84.9 cm³/mol. The summed E-state index contributed by atoms with van der Waals surface area (Å²) in [6, 6.07) is 10.1. The number of hydrogen-bond donors (Lipinski definition) is 1. The van der Waals surface area contributed by atoms with Gasteiger partial charge in [-0.3, -0.25) is 0 Å². The minimum Gasteiger partial charge on any atom is -0.495 e. The SMILES string of the molecule is COc1ccc(C(CN)Cc2c(F)cccc2Cl)cc1Cl. The summed E-state index contributed by atoms with van der Waals surface area (Å²) in [6.07, 6.45) is 0.421. The topological polar surface area (TPSA) is 35.2 Å². The van der Waals surface area contributed by atoms with Crippen LogP contribution >= 0.6 is 23.2 Å². The fraction of sp³-hybridized carbons (Fsp3) is 0.250. The molecule has 0 spiro atoms. The van der Waals surface area contributed by atoms with Crippen LogP contribution in [0.15, 0.2) is 36.4 Å². The van der Waals surface area contributed by atoms with Crippen molar-refractivity contribution in [1.29, 1.82) is 0 Å². The first-order valence-corrected chi connectivity index (χ1v) is 7.28. The Balaban J connectivity index is 2.30. The zero-order valence-corrected chi connectivity index (χ0v) is 13.1. The second-order valence-corrected chi connectivity index (χ2v) is 5.55. The van der Waals surface area contributed by atoms with Gasteiger partial charge in [0, 0.05) is 16.5 Å². The highest BCUT2D eigenvalue weighted by molar-refractivity contribution is 6.32. The highest BCUT2D eigenvalue weighted by Gasteiger charge is 2.17. The highest BCUT2D eigenvalue weighted by Crippen LogP contribution is 2.31. The fourth-order valence-electron chi connectivity index (χ4n) is 2.25. The Hall–Kier alpha value is -1.29. The molecule has 0 amide bonds. The summed E-state index contributed by atoms with van der Waals surface area (Å²) in [7, 11) is 1.56. The van der Waals surface area contributed by atoms with Crippen molar-refractivity contribution in [1.82, 2.24) is 0 Å². The van der Waals surface area contributed by atoms with Crippen molar-refractivity contribution in [2.75, 3.05) is 13.7 Å². The lowest BCUT2D eigenvalue weighted by molar-refractivity contribution is 0.414. The van der Waals surface area contributed by atoms with E-state index in [9.17, 15) is 4.39 Å². The first kappa shape index (κ1) is 16.1. The van der Waals surface area contributed by atoms with Crippen LogP contribution in [0.25, 0.3) is 0 Å². The van der Waals surface area contributed by atoms with E-state index in [-0.39, 0.29) is 11.7 Å². The molecular formula is C16H16Cl2FNO. The first-order chi connectivity index (χ1) is 10.1. The molecule has 0 aliphatic rings. The maximum absolute atomic E-state index is 13.9. The van der Waals surface area contributed by atoms with Crippen LogP contribution in [0, 0.1) is 5.82 Å². The van der Waals surface area contributed by atoms with E-state index < -0.39 is 0 Å². The number of ether oxygens (including phenoxy) is 1. The molecule has 0 aliphatic heterocycles. The third-order valence-corrected chi connectivity index (χ3v) is 4.09. The lowest BCUT2D eigenvalue weighted by Gasteiger charge is -2.17. The smallest absolute Gasteiger partial charge is 0.137 e. The monoisotopic (exact) mass is 327 g/mol. The molecule has 0 fully saturated rings. The first-order valence-electron chi connectivity index (χ1n) is 6.53. The van der Waals surface area contributed by atoms with E-state index >= 15 is 0 Å². The van der Waals surface area contributed by atoms with Crippen LogP contribution in [0.3, 0.4) is 0 Å². The zero-order valence-electron chi connectivity index (χ0n) is 11.6. The molecule has 5 heteroatoms. The van der Waals surface area contributed by atoms with E-state index in [2.05, 4.69) is 0 Å². The molecule has 0 aromatic heterocycles. The van der Waals surface area contributed by atoms with Gasteiger partial charge in [-0.15, -0.1) is 0 Å². The molecule has 2 nitrogen and oxygen atoms in total. The molecule has 0 radical (unpaired) electrons. The van der Waals surface area contributed by atoms with Crippen LogP contribution in [-0.4, -0.2) is 13.7 Å². The minimum absolute atomic E-state index is 0.0668. The number of hydrogen-bond acceptors (Lipinski definition) is 2. The van der Waals surface area contributed by atoms with Gasteiger partial charge in [-0.25, -0.2) is 4.39 Å². The Kier molecular flexibility index (Phi) is 5.45. The Labute approximate surface area is 133 Å². The molecule has 0 saturated heterocycles. The molecule has 0 aliphatic carbocycles. The van der Waals surface area contributed by atoms with Crippen molar-refractivity contribution in [2.24, 2.45) is 5.73 Å². The van der Waals surface area contributed by atoms with Gasteiger partial charge in [0.15, 0.2) is 0 Å². The van der Waals surface area contributed by atoms with Crippen LogP contribution in [0.2, 0.25) is 10.0 Å². The lowest BCUT2D eigenvalue weighted by Crippen LogP contribution is -2.16. The van der Waals surface area contributed by atoms with Gasteiger partial charge in [-0.2, -0.15) is 0 Å². The van der Waals surface area contributed by atoms with E-state index in [0.717, 1.165) is 5.56 Å². The molecule has 0 saturated carbocycles. The number of halogens is 3. The van der Waals surface area contributed by atoms with Gasteiger partial charge < -0.3 is 10.5 Å². The van der Waals surface area contributed by atoms with Gasteiger partial charge in [0.05, 0.1) is 12.1 Å². The second kappa shape index (κ2) is 7.12. The zero-order chi connectivity index (χ0) is 15.4. The van der Waals surface area contributed by atoms with Crippen molar-refractivity contribution in [3.8, 4) is 5.75 Å². The predicted octanol–water partition coefficient (Wildman–Crippen LogP) is 4.43. The highest BCUT2D eigenvalue weighted by atomic mass is 35.5. The van der Waals surface area contributed by atoms with Crippen molar-refractivity contribution in [2.45, 2.75) is 12.3 Å². The average molecular weight is 328 g/mol. The van der Waals surface area contributed by atoms with Crippen LogP contribution < -0.4 is 10.5 Å². The largest absolute Gasteiger partial charge is 0.495 e. The minimum atomic E-state index is -0.319. The molecule has 21 heavy (non-hydrogen) atoms. The average Bonchev–Trinajstić information content (AvgIpc) is 2.47. The molecule has 2 N–H and O–H groups in total. The molecule has 0 bridgehead atoms. The van der Waals surface area contributed by atoms with Crippen molar-refractivity contribution in [3.05, 3.63) is 63.4 Å². The second-order valence-electron chi connectivity index (χ2n) is 4.73. The van der Waals surface area contributed by atoms with E-state index in [4.69, 9.17) is 33.7 Å². The summed E-state index contributed by atoms with van der Waals surface area (Å²) in [4.78, 5) is 0. The summed E-state index contributed by atoms with van der Waals surface area (Å²) in [5, 5.41) is 0.918. The van der Waals surface area contributed by atoms with Gasteiger partial charge in [0.25, 0.3) is 0 Å². The van der Waals surface area contributed by atoms with Gasteiger partial charge in [-0.05, 0) is 42.8 Å². The summed E-state index contributed by atoms with van der Waals surface area (Å²) < 4.78 is 19.0. The number of nitrogens with two attached hydrogens (primary N) is 1. The molecule has 112 valence electrons. The Bertz CT molecular complexity index is 613. The third kappa shape index (κ3) is 3.67. The number of rotatable bonds is 5. The summed E-state index contributed by atoms with van der Waals surface area (Å²) in [5.41, 5.74) is 7.24.